The molecule has 1 aromatic heterocycles. The molecule has 1 heterocycles. The Morgan fingerprint density at radius 1 is 1.21 bits per heavy atom. The molecule has 0 spiro atoms. The Bertz CT molecular complexity index is 598. The Labute approximate surface area is 119 Å². The maximum atomic E-state index is 12.0. The van der Waals surface area contributed by atoms with Crippen LogP contribution in [0.15, 0.2) is 34.8 Å². The monoisotopic (exact) mass is 320 g/mol. The first-order valence-electron chi connectivity index (χ1n) is 5.70. The van der Waals surface area contributed by atoms with Crippen LogP contribution in [0.5, 0.6) is 0 Å². The number of hydrogen-bond acceptors (Lipinski definition) is 4. The first-order chi connectivity index (χ1) is 9.11. The number of nitrogens with zero attached hydrogens (tertiary/aromatic N) is 2. The summed E-state index contributed by atoms with van der Waals surface area (Å²) in [4.78, 5) is 12.0. The van der Waals surface area contributed by atoms with Crippen LogP contribution in [0.3, 0.4) is 0 Å². The van der Waals surface area contributed by atoms with Crippen molar-refractivity contribution < 1.29 is 4.79 Å². The third-order valence-corrected chi connectivity index (χ3v) is 3.53. The van der Waals surface area contributed by atoms with Crippen molar-refractivity contribution in [3.05, 3.63) is 46.1 Å². The van der Waals surface area contributed by atoms with Gasteiger partial charge < -0.3 is 10.6 Å². The minimum atomic E-state index is -0.281. The number of benzene rings is 1. The molecule has 0 radical (unpaired) electrons. The fraction of sp³-hybridized carbons (Fsp3) is 0.154. The zero-order chi connectivity index (χ0) is 13.8. The van der Waals surface area contributed by atoms with E-state index in [0.29, 0.717) is 5.82 Å². The molecule has 0 atom stereocenters. The number of hydrogen-bond donors (Lipinski definition) is 2. The van der Waals surface area contributed by atoms with E-state index in [1.807, 2.05) is 25.1 Å². The van der Waals surface area contributed by atoms with E-state index >= 15 is 0 Å². The summed E-state index contributed by atoms with van der Waals surface area (Å²) in [6, 6.07) is 8.96. The van der Waals surface area contributed by atoms with Crippen molar-refractivity contribution in [2.75, 3.05) is 17.7 Å². The van der Waals surface area contributed by atoms with Crippen LogP contribution < -0.4 is 10.6 Å². The summed E-state index contributed by atoms with van der Waals surface area (Å²) in [6.45, 7) is 1.93. The van der Waals surface area contributed by atoms with Gasteiger partial charge in [-0.15, -0.1) is 10.2 Å². The molecule has 1 amide bonds. The number of aromatic nitrogens is 2. The molecular weight excluding hydrogens is 308 g/mol. The SMILES string of the molecule is CNc1ccc(C(=O)Nc2cccc(Br)c2C)nn1. The highest BCUT2D eigenvalue weighted by Gasteiger charge is 2.10. The minimum Gasteiger partial charge on any atom is -0.372 e. The molecule has 1 aromatic carbocycles. The van der Waals surface area contributed by atoms with E-state index in [1.165, 1.54) is 0 Å². The van der Waals surface area contributed by atoms with Crippen LogP contribution in [0, 0.1) is 6.92 Å². The molecule has 0 saturated carbocycles. The molecule has 0 bridgehead atoms. The molecule has 2 rings (SSSR count). The van der Waals surface area contributed by atoms with Gasteiger partial charge in [0.25, 0.3) is 5.91 Å². The predicted molar refractivity (Wildman–Crippen MR) is 78.4 cm³/mol. The maximum absolute atomic E-state index is 12.0. The van der Waals surface area contributed by atoms with Crippen LogP contribution >= 0.6 is 15.9 Å². The third-order valence-electron chi connectivity index (χ3n) is 2.67. The van der Waals surface area contributed by atoms with Gasteiger partial charge in [-0.2, -0.15) is 0 Å². The van der Waals surface area contributed by atoms with Gasteiger partial charge in [-0.3, -0.25) is 4.79 Å². The van der Waals surface area contributed by atoms with Crippen LogP contribution in [-0.2, 0) is 0 Å². The second kappa shape index (κ2) is 5.79. The average molecular weight is 321 g/mol. The predicted octanol–water partition coefficient (Wildman–Crippen LogP) is 2.84. The van der Waals surface area contributed by atoms with E-state index in [0.717, 1.165) is 15.7 Å². The number of rotatable bonds is 3. The topological polar surface area (TPSA) is 66.9 Å². The van der Waals surface area contributed by atoms with Crippen molar-refractivity contribution >= 4 is 33.3 Å². The standard InChI is InChI=1S/C13H13BrN4O/c1-8-9(14)4-3-5-10(8)16-13(19)11-6-7-12(15-2)18-17-11/h3-7H,1-2H3,(H,15,18)(H,16,19). The second-order valence-electron chi connectivity index (χ2n) is 3.92. The zero-order valence-corrected chi connectivity index (χ0v) is 12.2. The van der Waals surface area contributed by atoms with Gasteiger partial charge in [0.2, 0.25) is 0 Å². The second-order valence-corrected chi connectivity index (χ2v) is 4.77. The molecule has 6 heteroatoms. The van der Waals surface area contributed by atoms with E-state index in [2.05, 4.69) is 36.8 Å². The highest BCUT2D eigenvalue weighted by Crippen LogP contribution is 2.23. The van der Waals surface area contributed by atoms with E-state index < -0.39 is 0 Å². The van der Waals surface area contributed by atoms with Gasteiger partial charge in [0.15, 0.2) is 5.69 Å². The molecule has 0 aliphatic rings. The van der Waals surface area contributed by atoms with Gasteiger partial charge >= 0.3 is 0 Å². The van der Waals surface area contributed by atoms with E-state index in [4.69, 9.17) is 0 Å². The largest absolute Gasteiger partial charge is 0.372 e. The average Bonchev–Trinajstić information content (AvgIpc) is 2.44. The molecule has 0 unspecified atom stereocenters. The van der Waals surface area contributed by atoms with Crippen molar-refractivity contribution in [2.24, 2.45) is 0 Å². The van der Waals surface area contributed by atoms with Crippen LogP contribution in [0.25, 0.3) is 0 Å². The molecule has 0 aliphatic heterocycles. The normalized spacial score (nSPS) is 10.1. The lowest BCUT2D eigenvalue weighted by Crippen LogP contribution is -2.15. The summed E-state index contributed by atoms with van der Waals surface area (Å²) < 4.78 is 0.946. The van der Waals surface area contributed by atoms with Crippen molar-refractivity contribution in [1.82, 2.24) is 10.2 Å². The molecule has 2 N–H and O–H groups in total. The Hall–Kier alpha value is -1.95. The van der Waals surface area contributed by atoms with Gasteiger partial charge in [-0.05, 0) is 36.8 Å². The quantitative estimate of drug-likeness (QED) is 0.912. The summed E-state index contributed by atoms with van der Waals surface area (Å²) in [7, 11) is 1.74. The minimum absolute atomic E-state index is 0.276. The van der Waals surface area contributed by atoms with Gasteiger partial charge in [0, 0.05) is 17.2 Å². The lowest BCUT2D eigenvalue weighted by molar-refractivity contribution is 0.102. The maximum Gasteiger partial charge on any atom is 0.276 e. The van der Waals surface area contributed by atoms with Crippen molar-refractivity contribution in [2.45, 2.75) is 6.92 Å². The van der Waals surface area contributed by atoms with Crippen molar-refractivity contribution in [1.29, 1.82) is 0 Å². The van der Waals surface area contributed by atoms with E-state index in [1.54, 1.807) is 19.2 Å². The lowest BCUT2D eigenvalue weighted by Gasteiger charge is -2.09. The van der Waals surface area contributed by atoms with Crippen LogP contribution in [-0.4, -0.2) is 23.2 Å². The number of amides is 1. The molecule has 5 nitrogen and oxygen atoms in total. The number of nitrogens with one attached hydrogen (secondary N) is 2. The summed E-state index contributed by atoms with van der Waals surface area (Å²) >= 11 is 3.42. The number of halogens is 1. The first kappa shape index (κ1) is 13.5. The van der Waals surface area contributed by atoms with Crippen LogP contribution in [0.4, 0.5) is 11.5 Å². The zero-order valence-electron chi connectivity index (χ0n) is 10.6. The van der Waals surface area contributed by atoms with E-state index in [-0.39, 0.29) is 11.6 Å². The molecule has 98 valence electrons. The fourth-order valence-electron chi connectivity index (χ4n) is 1.52. The smallest absolute Gasteiger partial charge is 0.276 e. The lowest BCUT2D eigenvalue weighted by atomic mass is 10.2. The summed E-state index contributed by atoms with van der Waals surface area (Å²) in [5.74, 6) is 0.339. The van der Waals surface area contributed by atoms with Gasteiger partial charge in [0.05, 0.1) is 0 Å². The number of anilines is 2. The molecule has 0 saturated heterocycles. The third kappa shape index (κ3) is 3.08. The first-order valence-corrected chi connectivity index (χ1v) is 6.49. The summed E-state index contributed by atoms with van der Waals surface area (Å²) in [6.07, 6.45) is 0. The fourth-order valence-corrected chi connectivity index (χ4v) is 1.88. The van der Waals surface area contributed by atoms with E-state index in [9.17, 15) is 4.79 Å². The highest BCUT2D eigenvalue weighted by molar-refractivity contribution is 9.10. The molecular formula is C13H13BrN4O. The summed E-state index contributed by atoms with van der Waals surface area (Å²) in [5.41, 5.74) is 1.99. The Morgan fingerprint density at radius 3 is 2.63 bits per heavy atom. The van der Waals surface area contributed by atoms with Gasteiger partial charge in [0.1, 0.15) is 5.82 Å². The van der Waals surface area contributed by atoms with Crippen molar-refractivity contribution in [3.63, 3.8) is 0 Å². The molecule has 19 heavy (non-hydrogen) atoms. The molecule has 0 aliphatic carbocycles. The van der Waals surface area contributed by atoms with Crippen LogP contribution in [0.2, 0.25) is 0 Å². The number of carbonyl (C=O) groups excluding carboxylic acids is 1. The Morgan fingerprint density at radius 2 is 2.00 bits per heavy atom. The van der Waals surface area contributed by atoms with Crippen LogP contribution in [0.1, 0.15) is 16.1 Å². The van der Waals surface area contributed by atoms with Gasteiger partial charge in [-0.25, -0.2) is 0 Å². The highest BCUT2D eigenvalue weighted by atomic mass is 79.9. The van der Waals surface area contributed by atoms with Gasteiger partial charge in [-0.1, -0.05) is 22.0 Å². The molecule has 2 aromatic rings. The Balaban J connectivity index is 2.18. The van der Waals surface area contributed by atoms with Crippen molar-refractivity contribution in [3.8, 4) is 0 Å². The summed E-state index contributed by atoms with van der Waals surface area (Å²) in [5, 5.41) is 13.4. The Kier molecular flexibility index (Phi) is 4.11. The number of carbonyl (C=O) groups is 1. The molecule has 0 fully saturated rings.